The first-order valence-corrected chi connectivity index (χ1v) is 6.54. The van der Waals surface area contributed by atoms with E-state index in [2.05, 4.69) is 4.90 Å². The van der Waals surface area contributed by atoms with Crippen LogP contribution in [-0.4, -0.2) is 55.5 Å². The lowest BCUT2D eigenvalue weighted by atomic mass is 9.91. The Hall–Kier alpha value is -1.55. The van der Waals surface area contributed by atoms with Crippen LogP contribution in [0.1, 0.15) is 12.0 Å². The summed E-state index contributed by atoms with van der Waals surface area (Å²) in [5.74, 6) is 0.744. The number of carbonyl (C=O) groups is 1. The number of likely N-dealkylation sites (N-methyl/N-ethyl adjacent to an activating group) is 1. The van der Waals surface area contributed by atoms with Crippen molar-refractivity contribution in [2.45, 2.75) is 11.8 Å². The first-order chi connectivity index (χ1) is 8.87. The summed E-state index contributed by atoms with van der Waals surface area (Å²) in [7, 11) is 7.66. The number of rotatable bonds is 4. The summed E-state index contributed by atoms with van der Waals surface area (Å²) >= 11 is 0. The van der Waals surface area contributed by atoms with Crippen LogP contribution in [0, 0.1) is 5.92 Å². The van der Waals surface area contributed by atoms with Crippen molar-refractivity contribution in [2.24, 2.45) is 5.92 Å². The highest BCUT2D eigenvalue weighted by molar-refractivity contribution is 5.91. The Labute approximate surface area is 114 Å². The third-order valence-corrected chi connectivity index (χ3v) is 3.86. The number of hydrogen-bond donors (Lipinski definition) is 1. The quantitative estimate of drug-likeness (QED) is 0.889. The van der Waals surface area contributed by atoms with Crippen LogP contribution in [0.25, 0.3) is 0 Å². The van der Waals surface area contributed by atoms with Crippen molar-refractivity contribution in [3.05, 3.63) is 29.8 Å². The molecule has 104 valence electrons. The Morgan fingerprint density at radius 2 is 1.84 bits per heavy atom. The SMILES string of the molecule is CN(C)C[C@H]1C[C@]1(C(=O)N(C)C)c1ccc(O)cc1. The van der Waals surface area contributed by atoms with E-state index in [0.717, 1.165) is 18.5 Å². The molecular formula is C15H22N2O2. The van der Waals surface area contributed by atoms with Gasteiger partial charge in [0.25, 0.3) is 0 Å². The number of nitrogens with zero attached hydrogens (tertiary/aromatic N) is 2. The van der Waals surface area contributed by atoms with Crippen molar-refractivity contribution in [3.8, 4) is 5.75 Å². The fraction of sp³-hybridized carbons (Fsp3) is 0.533. The number of amides is 1. The van der Waals surface area contributed by atoms with E-state index in [9.17, 15) is 9.90 Å². The van der Waals surface area contributed by atoms with Crippen LogP contribution >= 0.6 is 0 Å². The maximum atomic E-state index is 12.5. The maximum absolute atomic E-state index is 12.5. The molecule has 1 amide bonds. The van der Waals surface area contributed by atoms with Crippen LogP contribution in [0.4, 0.5) is 0 Å². The molecule has 1 aromatic carbocycles. The highest BCUT2D eigenvalue weighted by Gasteiger charge is 2.61. The summed E-state index contributed by atoms with van der Waals surface area (Å²) in [6.07, 6.45) is 0.882. The highest BCUT2D eigenvalue weighted by Crippen LogP contribution is 2.55. The molecule has 0 heterocycles. The summed E-state index contributed by atoms with van der Waals surface area (Å²) < 4.78 is 0. The van der Waals surface area contributed by atoms with E-state index in [0.29, 0.717) is 5.92 Å². The second-order valence-corrected chi connectivity index (χ2v) is 5.88. The third kappa shape index (κ3) is 2.45. The molecule has 19 heavy (non-hydrogen) atoms. The van der Waals surface area contributed by atoms with Crippen molar-refractivity contribution in [1.82, 2.24) is 9.80 Å². The number of carbonyl (C=O) groups excluding carboxylic acids is 1. The van der Waals surface area contributed by atoms with Crippen molar-refractivity contribution in [3.63, 3.8) is 0 Å². The predicted octanol–water partition coefficient (Wildman–Crippen LogP) is 1.30. The summed E-state index contributed by atoms with van der Waals surface area (Å²) in [6.45, 7) is 0.903. The molecular weight excluding hydrogens is 240 g/mol. The topological polar surface area (TPSA) is 43.8 Å². The third-order valence-electron chi connectivity index (χ3n) is 3.86. The number of aromatic hydroxyl groups is 1. The molecule has 2 atom stereocenters. The molecule has 4 nitrogen and oxygen atoms in total. The van der Waals surface area contributed by atoms with Crippen molar-refractivity contribution < 1.29 is 9.90 Å². The first kappa shape index (κ1) is 13.9. The molecule has 0 aliphatic heterocycles. The second kappa shape index (κ2) is 4.85. The van der Waals surface area contributed by atoms with Crippen LogP contribution in [-0.2, 0) is 10.2 Å². The maximum Gasteiger partial charge on any atom is 0.233 e. The van der Waals surface area contributed by atoms with Gasteiger partial charge in [-0.15, -0.1) is 0 Å². The zero-order valence-electron chi connectivity index (χ0n) is 12.1. The van der Waals surface area contributed by atoms with E-state index in [4.69, 9.17) is 0 Å². The molecule has 1 aliphatic carbocycles. The van der Waals surface area contributed by atoms with E-state index in [1.165, 1.54) is 0 Å². The molecule has 1 saturated carbocycles. The van der Waals surface area contributed by atoms with Crippen LogP contribution in [0.2, 0.25) is 0 Å². The van der Waals surface area contributed by atoms with Gasteiger partial charge in [-0.05, 0) is 44.1 Å². The molecule has 0 aromatic heterocycles. The fourth-order valence-electron chi connectivity index (χ4n) is 2.89. The van der Waals surface area contributed by atoms with Gasteiger partial charge in [0.05, 0.1) is 5.41 Å². The largest absolute Gasteiger partial charge is 0.508 e. The summed E-state index contributed by atoms with van der Waals surface area (Å²) in [6, 6.07) is 7.05. The van der Waals surface area contributed by atoms with Crippen molar-refractivity contribution in [2.75, 3.05) is 34.7 Å². The molecule has 0 unspecified atom stereocenters. The van der Waals surface area contributed by atoms with Gasteiger partial charge in [-0.1, -0.05) is 12.1 Å². The van der Waals surface area contributed by atoms with E-state index >= 15 is 0 Å². The van der Waals surface area contributed by atoms with Gasteiger partial charge in [-0.3, -0.25) is 4.79 Å². The van der Waals surface area contributed by atoms with Crippen molar-refractivity contribution in [1.29, 1.82) is 0 Å². The molecule has 4 heteroatoms. The Bertz CT molecular complexity index is 468. The highest BCUT2D eigenvalue weighted by atomic mass is 16.3. The first-order valence-electron chi connectivity index (χ1n) is 6.54. The molecule has 0 spiro atoms. The summed E-state index contributed by atoms with van der Waals surface area (Å²) in [4.78, 5) is 16.3. The summed E-state index contributed by atoms with van der Waals surface area (Å²) in [5, 5.41) is 9.40. The minimum absolute atomic E-state index is 0.157. The molecule has 2 rings (SSSR count). The number of phenols is 1. The monoisotopic (exact) mass is 262 g/mol. The van der Waals surface area contributed by atoms with Gasteiger partial charge in [-0.25, -0.2) is 0 Å². The molecule has 1 aliphatic rings. The Morgan fingerprint density at radius 1 is 1.26 bits per heavy atom. The van der Waals surface area contributed by atoms with Crippen LogP contribution < -0.4 is 0 Å². The molecule has 0 saturated heterocycles. The van der Waals surface area contributed by atoms with Crippen molar-refractivity contribution >= 4 is 5.91 Å². The molecule has 0 radical (unpaired) electrons. The second-order valence-electron chi connectivity index (χ2n) is 5.88. The fourth-order valence-corrected chi connectivity index (χ4v) is 2.89. The van der Waals surface area contributed by atoms with Gasteiger partial charge >= 0.3 is 0 Å². The lowest BCUT2D eigenvalue weighted by Gasteiger charge is -2.23. The Kier molecular flexibility index (Phi) is 3.54. The van der Waals surface area contributed by atoms with Gasteiger partial charge in [-0.2, -0.15) is 0 Å². The van der Waals surface area contributed by atoms with Gasteiger partial charge in [0.2, 0.25) is 5.91 Å². The average Bonchev–Trinajstić information content (AvgIpc) is 3.03. The van der Waals surface area contributed by atoms with E-state index < -0.39 is 5.41 Å². The van der Waals surface area contributed by atoms with Crippen LogP contribution in [0.15, 0.2) is 24.3 Å². The number of hydrogen-bond acceptors (Lipinski definition) is 3. The minimum atomic E-state index is -0.401. The molecule has 0 bridgehead atoms. The van der Waals surface area contributed by atoms with E-state index in [-0.39, 0.29) is 11.7 Å². The standard InChI is InChI=1S/C15H22N2O2/c1-16(2)10-12-9-15(12,14(19)17(3)4)11-5-7-13(18)8-6-11/h5-8,12,18H,9-10H2,1-4H3/t12-,15+/m1/s1. The normalized spacial score (nSPS) is 25.4. The lowest BCUT2D eigenvalue weighted by molar-refractivity contribution is -0.131. The average molecular weight is 262 g/mol. The smallest absolute Gasteiger partial charge is 0.233 e. The van der Waals surface area contributed by atoms with E-state index in [1.807, 2.05) is 26.2 Å². The van der Waals surface area contributed by atoms with Crippen LogP contribution in [0.5, 0.6) is 5.75 Å². The zero-order valence-corrected chi connectivity index (χ0v) is 12.1. The molecule has 1 N–H and O–H groups in total. The molecule has 1 fully saturated rings. The number of phenolic OH excluding ortho intramolecular Hbond substituents is 1. The Morgan fingerprint density at radius 3 is 2.32 bits per heavy atom. The number of benzene rings is 1. The van der Waals surface area contributed by atoms with Gasteiger partial charge in [0, 0.05) is 20.6 Å². The predicted molar refractivity (Wildman–Crippen MR) is 75.1 cm³/mol. The summed E-state index contributed by atoms with van der Waals surface area (Å²) in [5.41, 5.74) is 0.609. The Balaban J connectivity index is 2.32. The van der Waals surface area contributed by atoms with Gasteiger partial charge in [0.15, 0.2) is 0 Å². The zero-order chi connectivity index (χ0) is 14.2. The lowest BCUT2D eigenvalue weighted by Crippen LogP contribution is -2.36. The van der Waals surface area contributed by atoms with Gasteiger partial charge in [0.1, 0.15) is 5.75 Å². The minimum Gasteiger partial charge on any atom is -0.508 e. The van der Waals surface area contributed by atoms with Gasteiger partial charge < -0.3 is 14.9 Å². The van der Waals surface area contributed by atoms with Crippen LogP contribution in [0.3, 0.4) is 0 Å². The molecule has 1 aromatic rings. The van der Waals surface area contributed by atoms with E-state index in [1.54, 1.807) is 31.1 Å².